The van der Waals surface area contributed by atoms with Crippen LogP contribution in [0.4, 0.5) is 11.6 Å². The summed E-state index contributed by atoms with van der Waals surface area (Å²) in [6, 6.07) is 0. The van der Waals surface area contributed by atoms with E-state index in [0.717, 1.165) is 42.5 Å². The molecule has 0 bridgehead atoms. The molecule has 2 rings (SSSR count). The molecule has 0 unspecified atom stereocenters. The van der Waals surface area contributed by atoms with Gasteiger partial charge >= 0.3 is 0 Å². The maximum absolute atomic E-state index is 5.98. The minimum atomic E-state index is 0.469. The van der Waals surface area contributed by atoms with E-state index >= 15 is 0 Å². The van der Waals surface area contributed by atoms with Crippen molar-refractivity contribution in [2.75, 3.05) is 17.6 Å². The van der Waals surface area contributed by atoms with Crippen molar-refractivity contribution >= 4 is 11.6 Å². The fourth-order valence-corrected chi connectivity index (χ4v) is 2.47. The number of anilines is 2. The normalized spacial score (nSPS) is 16.7. The second-order valence-corrected chi connectivity index (χ2v) is 6.12. The van der Waals surface area contributed by atoms with Crippen LogP contribution in [0.25, 0.3) is 0 Å². The Hall–Kier alpha value is -1.32. The molecule has 1 heterocycles. The van der Waals surface area contributed by atoms with Crippen LogP contribution < -0.4 is 11.1 Å². The summed E-state index contributed by atoms with van der Waals surface area (Å²) in [6.07, 6.45) is 4.56. The van der Waals surface area contributed by atoms with Gasteiger partial charge in [-0.25, -0.2) is 9.97 Å². The molecule has 0 aromatic carbocycles. The Morgan fingerprint density at radius 1 is 1.32 bits per heavy atom. The van der Waals surface area contributed by atoms with Gasteiger partial charge in [0.2, 0.25) is 0 Å². The van der Waals surface area contributed by atoms with E-state index in [2.05, 4.69) is 36.1 Å². The van der Waals surface area contributed by atoms with Gasteiger partial charge in [0.05, 0.1) is 0 Å². The van der Waals surface area contributed by atoms with Gasteiger partial charge in [0.1, 0.15) is 17.5 Å². The standard InChI is InChI=1S/C15H26N4/c1-5-6-12-18-13(16)11(4)14(19-12)17-9-15(7-8-15)10(2)3/h10H,5-9H2,1-4H3,(H3,16,17,18,19). The molecule has 1 aromatic rings. The average molecular weight is 262 g/mol. The molecule has 1 aliphatic rings. The third kappa shape index (κ3) is 2.99. The second-order valence-electron chi connectivity index (χ2n) is 6.12. The molecule has 0 saturated heterocycles. The highest BCUT2D eigenvalue weighted by molar-refractivity contribution is 5.55. The lowest BCUT2D eigenvalue weighted by Crippen LogP contribution is -2.22. The summed E-state index contributed by atoms with van der Waals surface area (Å²) in [4.78, 5) is 8.96. The highest BCUT2D eigenvalue weighted by Gasteiger charge is 2.45. The predicted molar refractivity (Wildman–Crippen MR) is 80.2 cm³/mol. The Morgan fingerprint density at radius 3 is 2.53 bits per heavy atom. The van der Waals surface area contributed by atoms with Crippen molar-refractivity contribution in [1.82, 2.24) is 9.97 Å². The molecular weight excluding hydrogens is 236 g/mol. The van der Waals surface area contributed by atoms with Crippen molar-refractivity contribution in [3.05, 3.63) is 11.4 Å². The van der Waals surface area contributed by atoms with Crippen LogP contribution in [-0.4, -0.2) is 16.5 Å². The van der Waals surface area contributed by atoms with Crippen molar-refractivity contribution in [1.29, 1.82) is 0 Å². The van der Waals surface area contributed by atoms with Crippen LogP contribution in [0.5, 0.6) is 0 Å². The molecule has 4 heteroatoms. The summed E-state index contributed by atoms with van der Waals surface area (Å²) >= 11 is 0. The zero-order valence-corrected chi connectivity index (χ0v) is 12.6. The van der Waals surface area contributed by atoms with E-state index < -0.39 is 0 Å². The van der Waals surface area contributed by atoms with Crippen LogP contribution in [0.2, 0.25) is 0 Å². The Balaban J connectivity index is 2.11. The van der Waals surface area contributed by atoms with Crippen molar-refractivity contribution < 1.29 is 0 Å². The van der Waals surface area contributed by atoms with Gasteiger partial charge < -0.3 is 11.1 Å². The Morgan fingerprint density at radius 2 is 2.00 bits per heavy atom. The molecule has 0 radical (unpaired) electrons. The lowest BCUT2D eigenvalue weighted by Gasteiger charge is -2.21. The number of aromatic nitrogens is 2. The molecule has 19 heavy (non-hydrogen) atoms. The maximum Gasteiger partial charge on any atom is 0.134 e. The van der Waals surface area contributed by atoms with E-state index in [1.807, 2.05) is 6.92 Å². The summed E-state index contributed by atoms with van der Waals surface area (Å²) in [7, 11) is 0. The fourth-order valence-electron chi connectivity index (χ4n) is 2.47. The van der Waals surface area contributed by atoms with Gasteiger partial charge in [-0.2, -0.15) is 0 Å². The monoisotopic (exact) mass is 262 g/mol. The first kappa shape index (κ1) is 14.1. The third-order valence-corrected chi connectivity index (χ3v) is 4.43. The molecule has 3 N–H and O–H groups in total. The molecule has 1 saturated carbocycles. The van der Waals surface area contributed by atoms with Crippen LogP contribution in [-0.2, 0) is 6.42 Å². The maximum atomic E-state index is 5.98. The molecule has 0 spiro atoms. The van der Waals surface area contributed by atoms with E-state index in [-0.39, 0.29) is 0 Å². The fraction of sp³-hybridized carbons (Fsp3) is 0.733. The third-order valence-electron chi connectivity index (χ3n) is 4.43. The molecule has 106 valence electrons. The Bertz CT molecular complexity index is 450. The number of hydrogen-bond donors (Lipinski definition) is 2. The summed E-state index contributed by atoms with van der Waals surface area (Å²) in [5.41, 5.74) is 7.42. The zero-order valence-electron chi connectivity index (χ0n) is 12.6. The van der Waals surface area contributed by atoms with Crippen LogP contribution in [0.3, 0.4) is 0 Å². The van der Waals surface area contributed by atoms with Crippen LogP contribution in [0.15, 0.2) is 0 Å². The first-order valence-electron chi connectivity index (χ1n) is 7.35. The quantitative estimate of drug-likeness (QED) is 0.826. The number of nitrogens with zero attached hydrogens (tertiary/aromatic N) is 2. The van der Waals surface area contributed by atoms with E-state index in [0.29, 0.717) is 11.2 Å². The van der Waals surface area contributed by atoms with Crippen LogP contribution in [0, 0.1) is 18.3 Å². The van der Waals surface area contributed by atoms with E-state index in [4.69, 9.17) is 5.73 Å². The van der Waals surface area contributed by atoms with Gasteiger partial charge in [-0.05, 0) is 37.5 Å². The van der Waals surface area contributed by atoms with Gasteiger partial charge in [0.25, 0.3) is 0 Å². The van der Waals surface area contributed by atoms with Gasteiger partial charge in [0, 0.05) is 18.5 Å². The van der Waals surface area contributed by atoms with Gasteiger partial charge in [-0.1, -0.05) is 20.8 Å². The number of nitrogens with two attached hydrogens (primary N) is 1. The molecule has 1 aromatic heterocycles. The minimum absolute atomic E-state index is 0.469. The topological polar surface area (TPSA) is 63.8 Å². The largest absolute Gasteiger partial charge is 0.383 e. The van der Waals surface area contributed by atoms with Crippen LogP contribution in [0.1, 0.15) is 51.4 Å². The summed E-state index contributed by atoms with van der Waals surface area (Å²) in [5, 5.41) is 3.51. The lowest BCUT2D eigenvalue weighted by atomic mass is 9.92. The van der Waals surface area contributed by atoms with Crippen molar-refractivity contribution in [2.45, 2.75) is 53.4 Å². The zero-order chi connectivity index (χ0) is 14.0. The van der Waals surface area contributed by atoms with Crippen molar-refractivity contribution in [2.24, 2.45) is 11.3 Å². The van der Waals surface area contributed by atoms with Gasteiger partial charge in [-0.15, -0.1) is 0 Å². The van der Waals surface area contributed by atoms with Crippen LogP contribution >= 0.6 is 0 Å². The number of nitrogen functional groups attached to an aromatic ring is 1. The predicted octanol–water partition coefficient (Wildman–Crippen LogP) is 3.17. The molecule has 1 aliphatic carbocycles. The molecule has 1 fully saturated rings. The summed E-state index contributed by atoms with van der Waals surface area (Å²) in [6.45, 7) is 9.72. The van der Waals surface area contributed by atoms with E-state index in [1.165, 1.54) is 12.8 Å². The molecule has 0 atom stereocenters. The second kappa shape index (κ2) is 5.35. The van der Waals surface area contributed by atoms with Crippen molar-refractivity contribution in [3.8, 4) is 0 Å². The first-order valence-corrected chi connectivity index (χ1v) is 7.35. The minimum Gasteiger partial charge on any atom is -0.383 e. The SMILES string of the molecule is CCCc1nc(N)c(C)c(NCC2(C(C)C)CC2)n1. The van der Waals surface area contributed by atoms with Gasteiger partial charge in [-0.3, -0.25) is 0 Å². The Labute approximate surface area is 116 Å². The molecular formula is C15H26N4. The highest BCUT2D eigenvalue weighted by Crippen LogP contribution is 2.51. The smallest absolute Gasteiger partial charge is 0.134 e. The lowest BCUT2D eigenvalue weighted by molar-refractivity contribution is 0.379. The molecule has 0 aliphatic heterocycles. The molecule has 0 amide bonds. The van der Waals surface area contributed by atoms with Gasteiger partial charge in [0.15, 0.2) is 0 Å². The number of nitrogens with one attached hydrogen (secondary N) is 1. The number of aryl methyl sites for hydroxylation is 1. The number of hydrogen-bond acceptors (Lipinski definition) is 4. The van der Waals surface area contributed by atoms with E-state index in [1.54, 1.807) is 0 Å². The first-order chi connectivity index (χ1) is 8.98. The summed E-state index contributed by atoms with van der Waals surface area (Å²) < 4.78 is 0. The van der Waals surface area contributed by atoms with Crippen molar-refractivity contribution in [3.63, 3.8) is 0 Å². The molecule has 4 nitrogen and oxygen atoms in total. The summed E-state index contributed by atoms with van der Waals surface area (Å²) in [5.74, 6) is 3.09. The number of rotatable bonds is 6. The van der Waals surface area contributed by atoms with E-state index in [9.17, 15) is 0 Å². The Kier molecular flexibility index (Phi) is 3.97. The average Bonchev–Trinajstić information content (AvgIpc) is 3.13. The highest BCUT2D eigenvalue weighted by atomic mass is 15.1.